The Morgan fingerprint density at radius 3 is 3.22 bits per heavy atom. The van der Waals surface area contributed by atoms with Gasteiger partial charge >= 0.3 is 0 Å². The number of carbonyl (C=O) groups excluding carboxylic acids is 1. The minimum Gasteiger partial charge on any atom is -0.390 e. The SMILES string of the molecule is COCC(=O)N[C@@H]1CN(Cc2cn[nH]c2-c2cccs2)C[C@H]1O. The van der Waals surface area contributed by atoms with Crippen LogP contribution in [0.25, 0.3) is 10.6 Å². The van der Waals surface area contributed by atoms with Crippen LogP contribution in [-0.2, 0) is 16.1 Å². The lowest BCUT2D eigenvalue weighted by molar-refractivity contribution is -0.125. The van der Waals surface area contributed by atoms with Gasteiger partial charge in [0.15, 0.2) is 0 Å². The van der Waals surface area contributed by atoms with E-state index in [9.17, 15) is 9.90 Å². The minimum absolute atomic E-state index is 0.00742. The van der Waals surface area contributed by atoms with E-state index in [0.29, 0.717) is 19.6 Å². The maximum atomic E-state index is 11.6. The lowest BCUT2D eigenvalue weighted by Crippen LogP contribution is -2.44. The number of hydrogen-bond donors (Lipinski definition) is 3. The fourth-order valence-electron chi connectivity index (χ4n) is 2.82. The number of nitrogens with one attached hydrogen (secondary N) is 2. The highest BCUT2D eigenvalue weighted by atomic mass is 32.1. The van der Waals surface area contributed by atoms with Crippen molar-refractivity contribution in [3.63, 3.8) is 0 Å². The number of carbonyl (C=O) groups is 1. The van der Waals surface area contributed by atoms with E-state index in [1.165, 1.54) is 7.11 Å². The molecule has 23 heavy (non-hydrogen) atoms. The molecule has 1 fully saturated rings. The molecule has 124 valence electrons. The number of thiophene rings is 1. The van der Waals surface area contributed by atoms with E-state index in [-0.39, 0.29) is 18.6 Å². The molecule has 0 aromatic carbocycles. The molecule has 2 aromatic rings. The molecule has 0 aliphatic carbocycles. The van der Waals surface area contributed by atoms with Crippen LogP contribution in [-0.4, -0.2) is 65.1 Å². The average Bonchev–Trinajstić information content (AvgIpc) is 3.22. The highest BCUT2D eigenvalue weighted by Crippen LogP contribution is 2.27. The molecule has 3 rings (SSSR count). The average molecular weight is 336 g/mol. The predicted molar refractivity (Wildman–Crippen MR) is 87.0 cm³/mol. The molecular formula is C15H20N4O3S. The number of aliphatic hydroxyl groups excluding tert-OH is 1. The molecule has 2 aromatic heterocycles. The van der Waals surface area contributed by atoms with E-state index < -0.39 is 6.10 Å². The molecule has 0 bridgehead atoms. The second-order valence-electron chi connectivity index (χ2n) is 5.62. The molecule has 1 amide bonds. The van der Waals surface area contributed by atoms with Crippen molar-refractivity contribution < 1.29 is 14.6 Å². The van der Waals surface area contributed by atoms with E-state index >= 15 is 0 Å². The Labute approximate surface area is 138 Å². The third-order valence-corrected chi connectivity index (χ3v) is 4.75. The Morgan fingerprint density at radius 1 is 1.61 bits per heavy atom. The van der Waals surface area contributed by atoms with Crippen molar-refractivity contribution in [2.45, 2.75) is 18.7 Å². The molecule has 0 spiro atoms. The number of rotatable bonds is 6. The first-order valence-electron chi connectivity index (χ1n) is 7.42. The van der Waals surface area contributed by atoms with Gasteiger partial charge in [0.05, 0.1) is 28.9 Å². The number of aromatic amines is 1. The van der Waals surface area contributed by atoms with Crippen molar-refractivity contribution in [1.82, 2.24) is 20.4 Å². The third-order valence-electron chi connectivity index (χ3n) is 3.87. The summed E-state index contributed by atoms with van der Waals surface area (Å²) in [6, 6.07) is 3.79. The minimum atomic E-state index is -0.576. The van der Waals surface area contributed by atoms with Crippen LogP contribution in [0.4, 0.5) is 0 Å². The van der Waals surface area contributed by atoms with Crippen molar-refractivity contribution in [3.05, 3.63) is 29.3 Å². The van der Waals surface area contributed by atoms with Gasteiger partial charge in [0.25, 0.3) is 0 Å². The number of H-pyrrole nitrogens is 1. The van der Waals surface area contributed by atoms with Gasteiger partial charge in [-0.3, -0.25) is 14.8 Å². The van der Waals surface area contributed by atoms with Crippen molar-refractivity contribution in [2.24, 2.45) is 0 Å². The molecule has 3 heterocycles. The molecule has 2 atom stereocenters. The van der Waals surface area contributed by atoms with Crippen LogP contribution in [0.2, 0.25) is 0 Å². The maximum absolute atomic E-state index is 11.6. The Bertz CT molecular complexity index is 643. The largest absolute Gasteiger partial charge is 0.390 e. The summed E-state index contributed by atoms with van der Waals surface area (Å²) in [5.41, 5.74) is 2.10. The van der Waals surface area contributed by atoms with Gasteiger partial charge in [0.2, 0.25) is 5.91 Å². The molecule has 0 radical (unpaired) electrons. The number of methoxy groups -OCH3 is 1. The van der Waals surface area contributed by atoms with Gasteiger partial charge in [-0.1, -0.05) is 6.07 Å². The lowest BCUT2D eigenvalue weighted by Gasteiger charge is -2.16. The summed E-state index contributed by atoms with van der Waals surface area (Å²) in [6.45, 7) is 1.81. The number of nitrogens with zero attached hydrogens (tertiary/aromatic N) is 2. The highest BCUT2D eigenvalue weighted by molar-refractivity contribution is 7.13. The lowest BCUT2D eigenvalue weighted by atomic mass is 10.2. The maximum Gasteiger partial charge on any atom is 0.246 e. The number of amides is 1. The quantitative estimate of drug-likeness (QED) is 0.712. The van der Waals surface area contributed by atoms with Gasteiger partial charge in [-0.15, -0.1) is 11.3 Å². The van der Waals surface area contributed by atoms with Crippen LogP contribution >= 0.6 is 11.3 Å². The van der Waals surface area contributed by atoms with Gasteiger partial charge in [-0.2, -0.15) is 5.10 Å². The number of ether oxygens (including phenoxy) is 1. The summed E-state index contributed by atoms with van der Waals surface area (Å²) in [6.07, 6.45) is 1.24. The fraction of sp³-hybridized carbons (Fsp3) is 0.467. The topological polar surface area (TPSA) is 90.5 Å². The molecule has 7 nitrogen and oxygen atoms in total. The number of aliphatic hydroxyl groups is 1. The van der Waals surface area contributed by atoms with Gasteiger partial charge in [-0.25, -0.2) is 0 Å². The molecule has 3 N–H and O–H groups in total. The molecule has 0 saturated carbocycles. The number of aromatic nitrogens is 2. The number of likely N-dealkylation sites (tertiary alicyclic amines) is 1. The molecule has 1 aliphatic heterocycles. The summed E-state index contributed by atoms with van der Waals surface area (Å²) in [7, 11) is 1.47. The monoisotopic (exact) mass is 336 g/mol. The summed E-state index contributed by atoms with van der Waals surface area (Å²) in [4.78, 5) is 14.9. The van der Waals surface area contributed by atoms with Gasteiger partial charge in [-0.05, 0) is 11.4 Å². The van der Waals surface area contributed by atoms with Crippen LogP contribution in [0.15, 0.2) is 23.7 Å². The van der Waals surface area contributed by atoms with Crippen LogP contribution in [0, 0.1) is 0 Å². The highest BCUT2D eigenvalue weighted by Gasteiger charge is 2.32. The second kappa shape index (κ2) is 7.22. The standard InChI is InChI=1S/C15H20N4O3S/c1-22-9-14(21)17-11-7-19(8-12(11)20)6-10-5-16-18-15(10)13-3-2-4-23-13/h2-5,11-12,20H,6-9H2,1H3,(H,16,18)(H,17,21)/t11-,12-/m1/s1. The van der Waals surface area contributed by atoms with Gasteiger partial charge in [0, 0.05) is 32.3 Å². The molecule has 0 unspecified atom stereocenters. The molecule has 8 heteroatoms. The van der Waals surface area contributed by atoms with Crippen LogP contribution in [0.1, 0.15) is 5.56 Å². The van der Waals surface area contributed by atoms with E-state index in [1.807, 2.05) is 23.7 Å². The van der Waals surface area contributed by atoms with Gasteiger partial charge in [0.1, 0.15) is 6.61 Å². The Kier molecular flexibility index (Phi) is 5.06. The first-order valence-corrected chi connectivity index (χ1v) is 8.30. The molecule has 1 aliphatic rings. The van der Waals surface area contributed by atoms with E-state index in [1.54, 1.807) is 11.3 Å². The third kappa shape index (κ3) is 3.78. The summed E-state index contributed by atoms with van der Waals surface area (Å²) < 4.78 is 4.80. The van der Waals surface area contributed by atoms with Crippen LogP contribution in [0.5, 0.6) is 0 Å². The zero-order valence-corrected chi connectivity index (χ0v) is 13.7. The second-order valence-corrected chi connectivity index (χ2v) is 6.56. The Morgan fingerprint density at radius 2 is 2.48 bits per heavy atom. The Hall–Kier alpha value is -1.74. The first-order chi connectivity index (χ1) is 11.2. The van der Waals surface area contributed by atoms with E-state index in [0.717, 1.165) is 16.1 Å². The fourth-order valence-corrected chi connectivity index (χ4v) is 3.58. The van der Waals surface area contributed by atoms with Crippen molar-refractivity contribution in [2.75, 3.05) is 26.8 Å². The van der Waals surface area contributed by atoms with E-state index in [2.05, 4.69) is 20.4 Å². The van der Waals surface area contributed by atoms with Crippen LogP contribution < -0.4 is 5.32 Å². The molecule has 1 saturated heterocycles. The normalized spacial score (nSPS) is 21.7. The predicted octanol–water partition coefficient (Wildman–Crippen LogP) is 0.446. The smallest absolute Gasteiger partial charge is 0.246 e. The number of hydrogen-bond acceptors (Lipinski definition) is 6. The van der Waals surface area contributed by atoms with Crippen LogP contribution in [0.3, 0.4) is 0 Å². The zero-order valence-electron chi connectivity index (χ0n) is 12.9. The number of β-amino-alcohol motifs (C(OH)–C–C–N with tert-alkyl or cyclic N) is 1. The summed E-state index contributed by atoms with van der Waals surface area (Å²) >= 11 is 1.66. The van der Waals surface area contributed by atoms with Crippen molar-refractivity contribution in [3.8, 4) is 10.6 Å². The van der Waals surface area contributed by atoms with Gasteiger partial charge < -0.3 is 15.2 Å². The summed E-state index contributed by atoms with van der Waals surface area (Å²) in [5.74, 6) is -0.207. The van der Waals surface area contributed by atoms with Crippen molar-refractivity contribution >= 4 is 17.2 Å². The first kappa shape index (κ1) is 16.1. The zero-order chi connectivity index (χ0) is 16.2. The Balaban J connectivity index is 1.62. The summed E-state index contributed by atoms with van der Waals surface area (Å²) in [5, 5.41) is 22.1. The molecular weight excluding hydrogens is 316 g/mol. The van der Waals surface area contributed by atoms with Crippen molar-refractivity contribution in [1.29, 1.82) is 0 Å². The van der Waals surface area contributed by atoms with E-state index in [4.69, 9.17) is 4.74 Å².